The molecule has 130 valence electrons. The minimum absolute atomic E-state index is 0.255. The van der Waals surface area contributed by atoms with Crippen molar-refractivity contribution in [2.75, 3.05) is 38.9 Å². The van der Waals surface area contributed by atoms with Gasteiger partial charge in [0.1, 0.15) is 12.6 Å². The molecule has 0 spiro atoms. The number of methoxy groups -OCH3 is 1. The summed E-state index contributed by atoms with van der Waals surface area (Å²) in [5, 5.41) is 3.31. The highest BCUT2D eigenvalue weighted by Gasteiger charge is 2.17. The van der Waals surface area contributed by atoms with E-state index >= 15 is 0 Å². The number of rotatable bonds is 11. The Kier molecular flexibility index (Phi) is 9.33. The fourth-order valence-electron chi connectivity index (χ4n) is 2.27. The fraction of sp³-hybridized carbons (Fsp3) is 0.611. The molecule has 1 aromatic rings. The van der Waals surface area contributed by atoms with E-state index in [1.165, 1.54) is 11.1 Å². The lowest BCUT2D eigenvalue weighted by Gasteiger charge is -2.19. The van der Waals surface area contributed by atoms with Crippen LogP contribution in [0.1, 0.15) is 31.9 Å². The third-order valence-electron chi connectivity index (χ3n) is 3.62. The number of hydrogen-bond acceptors (Lipinski definition) is 5. The largest absolute Gasteiger partial charge is 0.462 e. The van der Waals surface area contributed by atoms with E-state index in [-0.39, 0.29) is 12.6 Å². The van der Waals surface area contributed by atoms with E-state index in [9.17, 15) is 4.79 Å². The topological polar surface area (TPSA) is 56.8 Å². The van der Waals surface area contributed by atoms with Crippen molar-refractivity contribution in [2.24, 2.45) is 0 Å². The van der Waals surface area contributed by atoms with Crippen LogP contribution in [0.2, 0.25) is 0 Å². The minimum Gasteiger partial charge on any atom is -0.462 e. The SMILES string of the molecule is CCc1cccc(CC)c1NC(C)C(=O)OCCOCCOC. The Balaban J connectivity index is 2.49. The highest BCUT2D eigenvalue weighted by Crippen LogP contribution is 2.23. The van der Waals surface area contributed by atoms with Crippen LogP contribution < -0.4 is 5.32 Å². The number of aryl methyl sites for hydroxylation is 2. The van der Waals surface area contributed by atoms with Crippen LogP contribution in [0.5, 0.6) is 0 Å². The first-order valence-corrected chi connectivity index (χ1v) is 8.24. The van der Waals surface area contributed by atoms with Gasteiger partial charge in [0.05, 0.1) is 19.8 Å². The number of para-hydroxylation sites is 1. The monoisotopic (exact) mass is 323 g/mol. The van der Waals surface area contributed by atoms with Gasteiger partial charge in [-0.1, -0.05) is 32.0 Å². The molecule has 0 bridgehead atoms. The van der Waals surface area contributed by atoms with Crippen molar-refractivity contribution < 1.29 is 19.0 Å². The predicted octanol–water partition coefficient (Wildman–Crippen LogP) is 2.82. The van der Waals surface area contributed by atoms with Crippen molar-refractivity contribution in [1.82, 2.24) is 0 Å². The smallest absolute Gasteiger partial charge is 0.328 e. The van der Waals surface area contributed by atoms with Crippen LogP contribution in [-0.2, 0) is 31.8 Å². The molecule has 0 aliphatic rings. The zero-order valence-electron chi connectivity index (χ0n) is 14.7. The third-order valence-corrected chi connectivity index (χ3v) is 3.62. The second-order valence-electron chi connectivity index (χ2n) is 5.30. The molecule has 0 aliphatic carbocycles. The van der Waals surface area contributed by atoms with E-state index in [2.05, 4.69) is 37.4 Å². The maximum Gasteiger partial charge on any atom is 0.328 e. The molecule has 1 aromatic carbocycles. The number of benzene rings is 1. The zero-order chi connectivity index (χ0) is 17.1. The van der Waals surface area contributed by atoms with Gasteiger partial charge in [0.25, 0.3) is 0 Å². The molecular formula is C18H29NO4. The Morgan fingerprint density at radius 2 is 1.70 bits per heavy atom. The molecule has 1 atom stereocenters. The lowest BCUT2D eigenvalue weighted by atomic mass is 10.0. The van der Waals surface area contributed by atoms with Crippen LogP contribution >= 0.6 is 0 Å². The molecular weight excluding hydrogens is 294 g/mol. The molecule has 1 unspecified atom stereocenters. The number of ether oxygens (including phenoxy) is 3. The molecule has 23 heavy (non-hydrogen) atoms. The summed E-state index contributed by atoms with van der Waals surface area (Å²) in [7, 11) is 1.62. The number of carbonyl (C=O) groups is 1. The molecule has 0 radical (unpaired) electrons. The normalized spacial score (nSPS) is 12.0. The van der Waals surface area contributed by atoms with Gasteiger partial charge < -0.3 is 19.5 Å². The van der Waals surface area contributed by atoms with E-state index in [1.54, 1.807) is 7.11 Å². The highest BCUT2D eigenvalue weighted by atomic mass is 16.6. The average Bonchev–Trinajstić information content (AvgIpc) is 2.57. The Hall–Kier alpha value is -1.59. The quantitative estimate of drug-likeness (QED) is 0.501. The summed E-state index contributed by atoms with van der Waals surface area (Å²) in [6, 6.07) is 5.84. The van der Waals surface area contributed by atoms with Crippen LogP contribution in [0.3, 0.4) is 0 Å². The van der Waals surface area contributed by atoms with Crippen LogP contribution in [0.15, 0.2) is 18.2 Å². The summed E-state index contributed by atoms with van der Waals surface area (Å²) in [5.74, 6) is -0.270. The zero-order valence-corrected chi connectivity index (χ0v) is 14.7. The van der Waals surface area contributed by atoms with Crippen molar-refractivity contribution in [2.45, 2.75) is 39.7 Å². The van der Waals surface area contributed by atoms with Gasteiger partial charge in [0.2, 0.25) is 0 Å². The Morgan fingerprint density at radius 1 is 1.09 bits per heavy atom. The van der Waals surface area contributed by atoms with E-state index in [0.29, 0.717) is 19.8 Å². The second-order valence-corrected chi connectivity index (χ2v) is 5.30. The first-order valence-electron chi connectivity index (χ1n) is 8.24. The summed E-state index contributed by atoms with van der Waals surface area (Å²) < 4.78 is 15.4. The predicted molar refractivity (Wildman–Crippen MR) is 91.9 cm³/mol. The standard InChI is InChI=1S/C18H29NO4/c1-5-15-8-7-9-16(6-2)17(15)19-14(3)18(20)23-13-12-22-11-10-21-4/h7-9,14,19H,5-6,10-13H2,1-4H3. The van der Waals surface area contributed by atoms with E-state index < -0.39 is 6.04 Å². The fourth-order valence-corrected chi connectivity index (χ4v) is 2.27. The molecule has 0 fully saturated rings. The Bertz CT molecular complexity index is 454. The molecule has 1 N–H and O–H groups in total. The average molecular weight is 323 g/mol. The van der Waals surface area contributed by atoms with Gasteiger partial charge in [0.15, 0.2) is 0 Å². The maximum absolute atomic E-state index is 12.1. The van der Waals surface area contributed by atoms with Gasteiger partial charge in [-0.15, -0.1) is 0 Å². The lowest BCUT2D eigenvalue weighted by molar-refractivity contribution is -0.145. The third kappa shape index (κ3) is 6.59. The van der Waals surface area contributed by atoms with Crippen LogP contribution in [0, 0.1) is 0 Å². The van der Waals surface area contributed by atoms with E-state index in [1.807, 2.05) is 6.92 Å². The molecule has 5 heteroatoms. The first-order chi connectivity index (χ1) is 11.1. The Morgan fingerprint density at radius 3 is 2.26 bits per heavy atom. The molecule has 0 heterocycles. The van der Waals surface area contributed by atoms with Crippen molar-refractivity contribution in [1.29, 1.82) is 0 Å². The van der Waals surface area contributed by atoms with Crippen molar-refractivity contribution in [3.05, 3.63) is 29.3 Å². The van der Waals surface area contributed by atoms with E-state index in [4.69, 9.17) is 14.2 Å². The molecule has 0 aliphatic heterocycles. The van der Waals surface area contributed by atoms with Gasteiger partial charge in [-0.2, -0.15) is 0 Å². The summed E-state index contributed by atoms with van der Waals surface area (Å²) in [5.41, 5.74) is 3.48. The van der Waals surface area contributed by atoms with Gasteiger partial charge >= 0.3 is 5.97 Å². The van der Waals surface area contributed by atoms with Crippen LogP contribution in [0.25, 0.3) is 0 Å². The van der Waals surface area contributed by atoms with Gasteiger partial charge in [-0.05, 0) is 30.9 Å². The van der Waals surface area contributed by atoms with E-state index in [0.717, 1.165) is 18.5 Å². The van der Waals surface area contributed by atoms with Gasteiger partial charge in [0, 0.05) is 12.8 Å². The summed E-state index contributed by atoms with van der Waals surface area (Å²) in [4.78, 5) is 12.1. The second kappa shape index (κ2) is 11.0. The highest BCUT2D eigenvalue weighted by molar-refractivity contribution is 5.79. The van der Waals surface area contributed by atoms with Crippen molar-refractivity contribution in [3.63, 3.8) is 0 Å². The number of anilines is 1. The lowest BCUT2D eigenvalue weighted by Crippen LogP contribution is -2.30. The summed E-state index contributed by atoms with van der Waals surface area (Å²) >= 11 is 0. The van der Waals surface area contributed by atoms with Crippen molar-refractivity contribution >= 4 is 11.7 Å². The molecule has 0 saturated carbocycles. The summed E-state index contributed by atoms with van der Waals surface area (Å²) in [6.45, 7) is 7.73. The number of esters is 1. The van der Waals surface area contributed by atoms with Crippen LogP contribution in [-0.4, -0.2) is 45.5 Å². The van der Waals surface area contributed by atoms with Gasteiger partial charge in [-0.3, -0.25) is 0 Å². The summed E-state index contributed by atoms with van der Waals surface area (Å²) in [6.07, 6.45) is 1.84. The molecule has 0 amide bonds. The number of hydrogen-bond donors (Lipinski definition) is 1. The molecule has 1 rings (SSSR count). The van der Waals surface area contributed by atoms with Crippen molar-refractivity contribution in [3.8, 4) is 0 Å². The molecule has 5 nitrogen and oxygen atoms in total. The number of carbonyl (C=O) groups excluding carboxylic acids is 1. The molecule has 0 saturated heterocycles. The minimum atomic E-state index is -0.396. The first kappa shape index (κ1) is 19.5. The number of nitrogens with one attached hydrogen (secondary N) is 1. The molecule has 0 aromatic heterocycles. The maximum atomic E-state index is 12.1. The Labute approximate surface area is 139 Å². The van der Waals surface area contributed by atoms with Crippen LogP contribution in [0.4, 0.5) is 5.69 Å². The van der Waals surface area contributed by atoms with Gasteiger partial charge in [-0.25, -0.2) is 4.79 Å².